The molecule has 2 amide bonds. The number of nitrogens with zero attached hydrogens (tertiary/aromatic N) is 1. The summed E-state index contributed by atoms with van der Waals surface area (Å²) in [5.74, 6) is 1.63. The molecule has 0 aliphatic carbocycles. The minimum Gasteiger partial charge on any atom is -0.497 e. The molecule has 0 atom stereocenters. The van der Waals surface area contributed by atoms with E-state index in [0.717, 1.165) is 5.75 Å². The van der Waals surface area contributed by atoms with E-state index in [-0.39, 0.29) is 24.9 Å². The highest BCUT2D eigenvalue weighted by Crippen LogP contribution is 2.16. The number of hydrogen-bond acceptors (Lipinski definition) is 5. The van der Waals surface area contributed by atoms with E-state index in [9.17, 15) is 9.59 Å². The van der Waals surface area contributed by atoms with Crippen molar-refractivity contribution in [2.75, 3.05) is 26.8 Å². The van der Waals surface area contributed by atoms with Crippen LogP contribution in [0.2, 0.25) is 0 Å². The maximum Gasteiger partial charge on any atom is 0.239 e. The zero-order valence-corrected chi connectivity index (χ0v) is 14.4. The third-order valence-corrected chi connectivity index (χ3v) is 3.46. The SMILES string of the molecule is COc1ccc(OCCNC(=O)CN(Cc2ccco2)C(C)=O)cc1. The lowest BCUT2D eigenvalue weighted by atomic mass is 10.3. The van der Waals surface area contributed by atoms with Crippen LogP contribution in [-0.4, -0.2) is 43.5 Å². The minimum absolute atomic E-state index is 0.0292. The average molecular weight is 346 g/mol. The molecule has 25 heavy (non-hydrogen) atoms. The molecule has 0 radical (unpaired) electrons. The molecule has 1 N–H and O–H groups in total. The Hall–Kier alpha value is -2.96. The largest absolute Gasteiger partial charge is 0.497 e. The van der Waals surface area contributed by atoms with Crippen LogP contribution in [0.4, 0.5) is 0 Å². The van der Waals surface area contributed by atoms with Crippen molar-refractivity contribution in [1.29, 1.82) is 0 Å². The summed E-state index contributed by atoms with van der Waals surface area (Å²) >= 11 is 0. The Labute approximate surface area is 146 Å². The molecule has 0 fully saturated rings. The molecule has 7 heteroatoms. The topological polar surface area (TPSA) is 81.0 Å². The Balaban J connectivity index is 1.70. The van der Waals surface area contributed by atoms with Crippen LogP contribution in [0.1, 0.15) is 12.7 Å². The lowest BCUT2D eigenvalue weighted by Gasteiger charge is -2.19. The predicted molar refractivity (Wildman–Crippen MR) is 91.3 cm³/mol. The standard InChI is InChI=1S/C18H22N2O5/c1-14(21)20(12-17-4-3-10-24-17)13-18(22)19-9-11-25-16-7-5-15(23-2)6-8-16/h3-8,10H,9,11-13H2,1-2H3,(H,19,22). The molecular formula is C18H22N2O5. The highest BCUT2D eigenvalue weighted by atomic mass is 16.5. The number of ether oxygens (including phenoxy) is 2. The fraction of sp³-hybridized carbons (Fsp3) is 0.333. The van der Waals surface area contributed by atoms with Crippen molar-refractivity contribution in [1.82, 2.24) is 10.2 Å². The molecule has 0 bridgehead atoms. The Morgan fingerprint density at radius 2 is 1.88 bits per heavy atom. The number of nitrogens with one attached hydrogen (secondary N) is 1. The van der Waals surface area contributed by atoms with E-state index < -0.39 is 0 Å². The van der Waals surface area contributed by atoms with E-state index in [1.54, 1.807) is 43.5 Å². The molecule has 2 aromatic rings. The number of carbonyl (C=O) groups excluding carboxylic acids is 2. The van der Waals surface area contributed by atoms with Crippen LogP contribution >= 0.6 is 0 Å². The van der Waals surface area contributed by atoms with Crippen molar-refractivity contribution in [2.45, 2.75) is 13.5 Å². The van der Waals surface area contributed by atoms with E-state index in [2.05, 4.69) is 5.32 Å². The van der Waals surface area contributed by atoms with Gasteiger partial charge in [-0.25, -0.2) is 0 Å². The van der Waals surface area contributed by atoms with E-state index in [0.29, 0.717) is 24.7 Å². The van der Waals surface area contributed by atoms with Crippen LogP contribution < -0.4 is 14.8 Å². The minimum atomic E-state index is -0.250. The zero-order valence-electron chi connectivity index (χ0n) is 14.4. The number of methoxy groups -OCH3 is 1. The maximum absolute atomic E-state index is 12.0. The number of rotatable bonds is 9. The molecule has 0 unspecified atom stereocenters. The van der Waals surface area contributed by atoms with Crippen molar-refractivity contribution in [3.63, 3.8) is 0 Å². The highest BCUT2D eigenvalue weighted by Gasteiger charge is 2.15. The summed E-state index contributed by atoms with van der Waals surface area (Å²) in [7, 11) is 1.60. The first-order valence-electron chi connectivity index (χ1n) is 7.90. The van der Waals surface area contributed by atoms with E-state index >= 15 is 0 Å². The Kier molecular flexibility index (Phi) is 6.88. The highest BCUT2D eigenvalue weighted by molar-refractivity contribution is 5.83. The predicted octanol–water partition coefficient (Wildman–Crippen LogP) is 1.83. The number of hydrogen-bond donors (Lipinski definition) is 1. The molecule has 0 saturated heterocycles. The van der Waals surface area contributed by atoms with E-state index in [4.69, 9.17) is 13.9 Å². The van der Waals surface area contributed by atoms with E-state index in [1.165, 1.54) is 18.1 Å². The molecule has 7 nitrogen and oxygen atoms in total. The smallest absolute Gasteiger partial charge is 0.239 e. The average Bonchev–Trinajstić information content (AvgIpc) is 3.11. The van der Waals surface area contributed by atoms with Crippen LogP contribution in [0, 0.1) is 0 Å². The van der Waals surface area contributed by atoms with Gasteiger partial charge in [0.1, 0.15) is 23.9 Å². The molecular weight excluding hydrogens is 324 g/mol. The number of carbonyl (C=O) groups is 2. The number of furan rings is 1. The van der Waals surface area contributed by atoms with Gasteiger partial charge in [0.05, 0.1) is 33.0 Å². The molecule has 0 aliphatic heterocycles. The number of amides is 2. The summed E-state index contributed by atoms with van der Waals surface area (Å²) in [6.45, 7) is 2.33. The Morgan fingerprint density at radius 1 is 1.16 bits per heavy atom. The molecule has 1 aromatic carbocycles. The molecule has 0 saturated carbocycles. The van der Waals surface area contributed by atoms with Crippen molar-refractivity contribution in [3.05, 3.63) is 48.4 Å². The normalized spacial score (nSPS) is 10.2. The molecule has 134 valence electrons. The summed E-state index contributed by atoms with van der Waals surface area (Å²) in [5, 5.41) is 2.73. The van der Waals surface area contributed by atoms with Crippen LogP contribution in [0.5, 0.6) is 11.5 Å². The summed E-state index contributed by atoms with van der Waals surface area (Å²) in [6, 6.07) is 10.7. The van der Waals surface area contributed by atoms with Crippen LogP contribution in [-0.2, 0) is 16.1 Å². The third-order valence-electron chi connectivity index (χ3n) is 3.46. The molecule has 1 aromatic heterocycles. The lowest BCUT2D eigenvalue weighted by Crippen LogP contribution is -2.40. The van der Waals surface area contributed by atoms with Gasteiger partial charge in [-0.3, -0.25) is 9.59 Å². The van der Waals surface area contributed by atoms with Gasteiger partial charge >= 0.3 is 0 Å². The molecule has 0 spiro atoms. The summed E-state index contributed by atoms with van der Waals surface area (Å²) in [5.41, 5.74) is 0. The second kappa shape index (κ2) is 9.36. The van der Waals surface area contributed by atoms with Gasteiger partial charge in [-0.1, -0.05) is 0 Å². The van der Waals surface area contributed by atoms with Crippen molar-refractivity contribution < 1.29 is 23.5 Å². The van der Waals surface area contributed by atoms with Gasteiger partial charge in [0.25, 0.3) is 0 Å². The van der Waals surface area contributed by atoms with Crippen LogP contribution in [0.25, 0.3) is 0 Å². The Morgan fingerprint density at radius 3 is 2.48 bits per heavy atom. The van der Waals surface area contributed by atoms with Gasteiger partial charge in [-0.05, 0) is 36.4 Å². The first kappa shape index (κ1) is 18.4. The quantitative estimate of drug-likeness (QED) is 0.701. The third kappa shape index (κ3) is 6.21. The summed E-state index contributed by atoms with van der Waals surface area (Å²) in [4.78, 5) is 25.0. The van der Waals surface area contributed by atoms with Gasteiger partial charge < -0.3 is 24.1 Å². The fourth-order valence-electron chi connectivity index (χ4n) is 2.13. The van der Waals surface area contributed by atoms with Crippen LogP contribution in [0.3, 0.4) is 0 Å². The van der Waals surface area contributed by atoms with Crippen molar-refractivity contribution in [3.8, 4) is 11.5 Å². The van der Waals surface area contributed by atoms with E-state index in [1.807, 2.05) is 0 Å². The van der Waals surface area contributed by atoms with Gasteiger partial charge in [0.15, 0.2) is 0 Å². The summed E-state index contributed by atoms with van der Waals surface area (Å²) in [6.07, 6.45) is 1.53. The molecule has 2 rings (SSSR count). The lowest BCUT2D eigenvalue weighted by molar-refractivity contribution is -0.135. The van der Waals surface area contributed by atoms with Gasteiger partial charge in [-0.2, -0.15) is 0 Å². The monoisotopic (exact) mass is 346 g/mol. The maximum atomic E-state index is 12.0. The fourth-order valence-corrected chi connectivity index (χ4v) is 2.13. The zero-order chi connectivity index (χ0) is 18.1. The van der Waals surface area contributed by atoms with Gasteiger partial charge in [0.2, 0.25) is 11.8 Å². The molecule has 0 aliphatic rings. The van der Waals surface area contributed by atoms with Crippen molar-refractivity contribution in [2.24, 2.45) is 0 Å². The van der Waals surface area contributed by atoms with Crippen molar-refractivity contribution >= 4 is 11.8 Å². The molecule has 1 heterocycles. The Bertz CT molecular complexity index is 667. The summed E-state index contributed by atoms with van der Waals surface area (Å²) < 4.78 is 15.8. The number of benzene rings is 1. The first-order valence-corrected chi connectivity index (χ1v) is 7.90. The van der Waals surface area contributed by atoms with Crippen LogP contribution in [0.15, 0.2) is 47.1 Å². The first-order chi connectivity index (χ1) is 12.1. The second-order valence-electron chi connectivity index (χ2n) is 5.33. The second-order valence-corrected chi connectivity index (χ2v) is 5.33. The van der Waals surface area contributed by atoms with Gasteiger partial charge in [0, 0.05) is 6.92 Å². The van der Waals surface area contributed by atoms with Gasteiger partial charge in [-0.15, -0.1) is 0 Å².